The van der Waals surface area contributed by atoms with Crippen molar-refractivity contribution < 1.29 is 4.39 Å². The van der Waals surface area contributed by atoms with Crippen LogP contribution in [0.2, 0.25) is 0 Å². The van der Waals surface area contributed by atoms with E-state index in [4.69, 9.17) is 0 Å². The average molecular weight is 274 g/mol. The molecule has 4 nitrogen and oxygen atoms in total. The van der Waals surface area contributed by atoms with Gasteiger partial charge in [0, 0.05) is 17.8 Å². The fraction of sp³-hybridized carbons (Fsp3) is 0.333. The summed E-state index contributed by atoms with van der Waals surface area (Å²) in [5, 5.41) is 6.49. The Morgan fingerprint density at radius 3 is 2.60 bits per heavy atom. The maximum Gasteiger partial charge on any atom is 0.138 e. The molecule has 2 N–H and O–H groups in total. The molecule has 1 aromatic carbocycles. The summed E-state index contributed by atoms with van der Waals surface area (Å²) in [5.41, 5.74) is 2.63. The smallest absolute Gasteiger partial charge is 0.138 e. The summed E-state index contributed by atoms with van der Waals surface area (Å²) < 4.78 is 13.1. The van der Waals surface area contributed by atoms with Crippen molar-refractivity contribution in [2.24, 2.45) is 0 Å². The van der Waals surface area contributed by atoms with Gasteiger partial charge in [0.05, 0.1) is 0 Å². The maximum atomic E-state index is 13.1. The minimum atomic E-state index is -0.238. The third kappa shape index (κ3) is 3.23. The number of anilines is 3. The van der Waals surface area contributed by atoms with Gasteiger partial charge in [0.2, 0.25) is 0 Å². The van der Waals surface area contributed by atoms with Crippen LogP contribution in [0.15, 0.2) is 24.5 Å². The highest BCUT2D eigenvalue weighted by Gasteiger charge is 2.08. The van der Waals surface area contributed by atoms with Gasteiger partial charge in [-0.3, -0.25) is 0 Å². The van der Waals surface area contributed by atoms with Crippen LogP contribution in [-0.2, 0) is 0 Å². The molecule has 0 aliphatic rings. The quantitative estimate of drug-likeness (QED) is 0.870. The van der Waals surface area contributed by atoms with Crippen LogP contribution < -0.4 is 10.6 Å². The Balaban J connectivity index is 2.24. The fourth-order valence-electron chi connectivity index (χ4n) is 1.89. The molecule has 0 unspecified atom stereocenters. The lowest BCUT2D eigenvalue weighted by Crippen LogP contribution is -2.07. The van der Waals surface area contributed by atoms with Crippen LogP contribution in [0.4, 0.5) is 21.7 Å². The Morgan fingerprint density at radius 1 is 1.15 bits per heavy atom. The van der Waals surface area contributed by atoms with E-state index < -0.39 is 0 Å². The number of rotatable bonds is 5. The van der Waals surface area contributed by atoms with Gasteiger partial charge in [-0.1, -0.05) is 6.92 Å². The number of benzene rings is 1. The number of hydrogen-bond donors (Lipinski definition) is 2. The molecular formula is C15H19FN4. The molecule has 0 bridgehead atoms. The molecule has 0 radical (unpaired) electrons. The molecule has 2 aromatic rings. The van der Waals surface area contributed by atoms with Gasteiger partial charge in [-0.2, -0.15) is 0 Å². The minimum Gasteiger partial charge on any atom is -0.370 e. The summed E-state index contributed by atoms with van der Waals surface area (Å²) in [6.45, 7) is 6.79. The molecule has 0 saturated carbocycles. The van der Waals surface area contributed by atoms with Gasteiger partial charge in [0.15, 0.2) is 0 Å². The van der Waals surface area contributed by atoms with Crippen molar-refractivity contribution in [3.8, 4) is 0 Å². The van der Waals surface area contributed by atoms with Crippen molar-refractivity contribution in [2.75, 3.05) is 17.2 Å². The summed E-state index contributed by atoms with van der Waals surface area (Å²) in [5.74, 6) is 1.31. The molecule has 20 heavy (non-hydrogen) atoms. The van der Waals surface area contributed by atoms with Crippen molar-refractivity contribution in [2.45, 2.75) is 27.2 Å². The van der Waals surface area contributed by atoms with Gasteiger partial charge in [-0.05, 0) is 44.0 Å². The minimum absolute atomic E-state index is 0.238. The first kappa shape index (κ1) is 14.2. The second-order valence-electron chi connectivity index (χ2n) is 4.71. The topological polar surface area (TPSA) is 49.8 Å². The van der Waals surface area contributed by atoms with E-state index in [-0.39, 0.29) is 5.82 Å². The van der Waals surface area contributed by atoms with E-state index in [0.29, 0.717) is 0 Å². The third-order valence-corrected chi connectivity index (χ3v) is 3.07. The molecule has 106 valence electrons. The van der Waals surface area contributed by atoms with Crippen LogP contribution in [0.5, 0.6) is 0 Å². The van der Waals surface area contributed by atoms with E-state index in [1.54, 1.807) is 6.07 Å². The molecule has 0 aliphatic heterocycles. The van der Waals surface area contributed by atoms with Crippen molar-refractivity contribution in [3.05, 3.63) is 41.5 Å². The molecule has 2 rings (SSSR count). The molecule has 0 atom stereocenters. The summed E-state index contributed by atoms with van der Waals surface area (Å²) >= 11 is 0. The van der Waals surface area contributed by atoms with E-state index in [2.05, 4.69) is 27.5 Å². The molecule has 0 fully saturated rings. The van der Waals surface area contributed by atoms with E-state index in [0.717, 1.165) is 41.4 Å². The van der Waals surface area contributed by atoms with Crippen LogP contribution >= 0.6 is 0 Å². The zero-order valence-electron chi connectivity index (χ0n) is 12.0. The zero-order chi connectivity index (χ0) is 14.5. The summed E-state index contributed by atoms with van der Waals surface area (Å²) in [6.07, 6.45) is 2.55. The second kappa shape index (κ2) is 6.32. The van der Waals surface area contributed by atoms with Crippen LogP contribution in [-0.4, -0.2) is 16.5 Å². The molecule has 1 heterocycles. The molecule has 0 aliphatic carbocycles. The molecule has 0 amide bonds. The number of halogens is 1. The predicted octanol–water partition coefficient (Wildman–Crippen LogP) is 3.80. The first-order valence-electron chi connectivity index (χ1n) is 6.70. The zero-order valence-corrected chi connectivity index (χ0v) is 12.0. The lowest BCUT2D eigenvalue weighted by molar-refractivity contribution is 0.627. The first-order valence-corrected chi connectivity index (χ1v) is 6.70. The van der Waals surface area contributed by atoms with Gasteiger partial charge in [0.1, 0.15) is 23.8 Å². The van der Waals surface area contributed by atoms with Gasteiger partial charge in [-0.15, -0.1) is 0 Å². The average Bonchev–Trinajstić information content (AvgIpc) is 2.42. The number of aromatic nitrogens is 2. The Morgan fingerprint density at radius 2 is 1.90 bits per heavy atom. The molecule has 0 saturated heterocycles. The van der Waals surface area contributed by atoms with Gasteiger partial charge in [0.25, 0.3) is 0 Å². The Kier molecular flexibility index (Phi) is 4.50. The Labute approximate surface area is 118 Å². The van der Waals surface area contributed by atoms with Crippen molar-refractivity contribution in [1.82, 2.24) is 9.97 Å². The number of nitrogens with zero attached hydrogens (tertiary/aromatic N) is 2. The predicted molar refractivity (Wildman–Crippen MR) is 80.0 cm³/mol. The van der Waals surface area contributed by atoms with Crippen LogP contribution in [0.25, 0.3) is 0 Å². The van der Waals surface area contributed by atoms with E-state index in [9.17, 15) is 4.39 Å². The van der Waals surface area contributed by atoms with Gasteiger partial charge >= 0.3 is 0 Å². The van der Waals surface area contributed by atoms with Crippen LogP contribution in [0.3, 0.4) is 0 Å². The molecular weight excluding hydrogens is 255 g/mol. The first-order chi connectivity index (χ1) is 9.61. The van der Waals surface area contributed by atoms with Crippen LogP contribution in [0.1, 0.15) is 24.5 Å². The highest BCUT2D eigenvalue weighted by Crippen LogP contribution is 2.24. The lowest BCUT2D eigenvalue weighted by Gasteiger charge is -2.13. The molecule has 0 spiro atoms. The van der Waals surface area contributed by atoms with Crippen molar-refractivity contribution in [3.63, 3.8) is 0 Å². The standard InChI is InChI=1S/C15H19FN4/c1-4-7-17-14-11(3)15(19-9-18-14)20-13-6-5-12(16)8-10(13)2/h5-6,8-9H,4,7H2,1-3H3,(H2,17,18,19,20). The number of aryl methyl sites for hydroxylation is 1. The third-order valence-electron chi connectivity index (χ3n) is 3.07. The molecule has 1 aromatic heterocycles. The lowest BCUT2D eigenvalue weighted by atomic mass is 10.2. The van der Waals surface area contributed by atoms with Crippen LogP contribution in [0, 0.1) is 19.7 Å². The number of nitrogens with one attached hydrogen (secondary N) is 2. The second-order valence-corrected chi connectivity index (χ2v) is 4.71. The Bertz CT molecular complexity index is 598. The number of hydrogen-bond acceptors (Lipinski definition) is 4. The van der Waals surface area contributed by atoms with Gasteiger partial charge in [-0.25, -0.2) is 14.4 Å². The SMILES string of the molecule is CCCNc1ncnc(Nc2ccc(F)cc2C)c1C. The summed E-state index contributed by atoms with van der Waals surface area (Å²) in [6, 6.07) is 4.64. The summed E-state index contributed by atoms with van der Waals surface area (Å²) in [7, 11) is 0. The fourth-order valence-corrected chi connectivity index (χ4v) is 1.89. The van der Waals surface area contributed by atoms with E-state index >= 15 is 0 Å². The summed E-state index contributed by atoms with van der Waals surface area (Å²) in [4.78, 5) is 8.48. The maximum absolute atomic E-state index is 13.1. The molecule has 5 heteroatoms. The monoisotopic (exact) mass is 274 g/mol. The largest absolute Gasteiger partial charge is 0.370 e. The van der Waals surface area contributed by atoms with Crippen molar-refractivity contribution in [1.29, 1.82) is 0 Å². The van der Waals surface area contributed by atoms with E-state index in [1.807, 2.05) is 13.8 Å². The normalized spacial score (nSPS) is 10.4. The Hall–Kier alpha value is -2.17. The van der Waals surface area contributed by atoms with Gasteiger partial charge < -0.3 is 10.6 Å². The van der Waals surface area contributed by atoms with Crippen molar-refractivity contribution >= 4 is 17.3 Å². The highest BCUT2D eigenvalue weighted by atomic mass is 19.1. The van der Waals surface area contributed by atoms with E-state index in [1.165, 1.54) is 18.5 Å². The highest BCUT2D eigenvalue weighted by molar-refractivity contribution is 5.66.